The second-order valence-electron chi connectivity index (χ2n) is 9.40. The van der Waals surface area contributed by atoms with E-state index in [0.29, 0.717) is 0 Å². The van der Waals surface area contributed by atoms with Gasteiger partial charge < -0.3 is 24.7 Å². The van der Waals surface area contributed by atoms with Crippen molar-refractivity contribution in [3.05, 3.63) is 60.7 Å². The molecule has 1 heterocycles. The molecule has 0 aliphatic carbocycles. The average Bonchev–Trinajstić information content (AvgIpc) is 2.78. The second-order valence-corrected chi connectivity index (χ2v) is 13.7. The van der Waals surface area contributed by atoms with Crippen LogP contribution in [-0.4, -0.2) is 68.2 Å². The summed E-state index contributed by atoms with van der Waals surface area (Å²) in [7, 11) is -2.94. The Labute approximate surface area is 197 Å². The minimum Gasteiger partial charge on any atom is -0.405 e. The fraction of sp³-hybridized carbons (Fsp3) is 0.458. The van der Waals surface area contributed by atoms with E-state index in [1.54, 1.807) is 5.32 Å². The van der Waals surface area contributed by atoms with Gasteiger partial charge in [-0.3, -0.25) is 4.79 Å². The molecular weight excluding hydrogens is 467 g/mol. The van der Waals surface area contributed by atoms with E-state index in [-0.39, 0.29) is 11.6 Å². The molecule has 0 saturated carbocycles. The predicted octanol–water partition coefficient (Wildman–Crippen LogP) is 1.73. The molecule has 1 aliphatic heterocycles. The van der Waals surface area contributed by atoms with Gasteiger partial charge >= 0.3 is 12.1 Å². The Bertz CT molecular complexity index is 913. The van der Waals surface area contributed by atoms with Crippen LogP contribution in [0.3, 0.4) is 0 Å². The molecule has 3 N–H and O–H groups in total. The van der Waals surface area contributed by atoms with Gasteiger partial charge in [0.25, 0.3) is 8.32 Å². The lowest BCUT2D eigenvalue weighted by Crippen LogP contribution is -2.68. The third-order valence-electron chi connectivity index (χ3n) is 6.09. The van der Waals surface area contributed by atoms with E-state index in [2.05, 4.69) is 20.8 Å². The van der Waals surface area contributed by atoms with Crippen LogP contribution in [0, 0.1) is 0 Å². The first kappa shape index (κ1) is 26.4. The van der Waals surface area contributed by atoms with Crippen LogP contribution in [0.25, 0.3) is 0 Å². The van der Waals surface area contributed by atoms with Gasteiger partial charge in [0.1, 0.15) is 18.3 Å². The standard InChI is InChI=1S/C24H30F3NO5Si/c1-23(2,3)34(16-10-6-4-7-11-16,17-12-8-5-9-13-17)33-15-19-21(30)20(29)18(14-32-19)28-22(31)24(25,26)27/h4-13,18-21,29-30H,14-15H2,1-3H3,(H,28,31)/t18-,19-,20-,21+/m1/s1. The quantitative estimate of drug-likeness (QED) is 0.529. The molecule has 6 nitrogen and oxygen atoms in total. The molecule has 4 atom stereocenters. The summed E-state index contributed by atoms with van der Waals surface area (Å²) in [5, 5.41) is 24.3. The van der Waals surface area contributed by atoms with Crippen molar-refractivity contribution >= 4 is 24.6 Å². The topological polar surface area (TPSA) is 88.0 Å². The largest absolute Gasteiger partial charge is 0.471 e. The summed E-state index contributed by atoms with van der Waals surface area (Å²) in [6.45, 7) is 5.75. The van der Waals surface area contributed by atoms with E-state index in [1.165, 1.54) is 0 Å². The molecule has 34 heavy (non-hydrogen) atoms. The van der Waals surface area contributed by atoms with E-state index >= 15 is 0 Å². The van der Waals surface area contributed by atoms with E-state index in [9.17, 15) is 28.2 Å². The lowest BCUT2D eigenvalue weighted by molar-refractivity contribution is -0.185. The van der Waals surface area contributed by atoms with Gasteiger partial charge in [-0.1, -0.05) is 81.4 Å². The number of carbonyl (C=O) groups is 1. The lowest BCUT2D eigenvalue weighted by atomic mass is 9.98. The van der Waals surface area contributed by atoms with Crippen molar-refractivity contribution in [1.29, 1.82) is 0 Å². The third kappa shape index (κ3) is 5.36. The Morgan fingerprint density at radius 2 is 1.50 bits per heavy atom. The molecule has 1 fully saturated rings. The number of benzene rings is 2. The van der Waals surface area contributed by atoms with Crippen LogP contribution in [0.4, 0.5) is 13.2 Å². The number of ether oxygens (including phenoxy) is 1. The maximum Gasteiger partial charge on any atom is 0.471 e. The highest BCUT2D eigenvalue weighted by Crippen LogP contribution is 2.37. The first-order valence-electron chi connectivity index (χ1n) is 11.0. The highest BCUT2D eigenvalue weighted by atomic mass is 28.4. The molecule has 0 bridgehead atoms. The number of hydrogen-bond donors (Lipinski definition) is 3. The number of amides is 1. The zero-order valence-electron chi connectivity index (χ0n) is 19.3. The summed E-state index contributed by atoms with van der Waals surface area (Å²) < 4.78 is 50.0. The first-order chi connectivity index (χ1) is 15.9. The van der Waals surface area contributed by atoms with Gasteiger partial charge in [-0.25, -0.2) is 0 Å². The Morgan fingerprint density at radius 1 is 1.00 bits per heavy atom. The van der Waals surface area contributed by atoms with Crippen molar-refractivity contribution in [1.82, 2.24) is 5.32 Å². The smallest absolute Gasteiger partial charge is 0.405 e. The number of aliphatic hydroxyl groups is 2. The number of carbonyl (C=O) groups excluding carboxylic acids is 1. The second kappa shape index (κ2) is 10.2. The molecule has 186 valence electrons. The molecule has 10 heteroatoms. The molecule has 0 aromatic heterocycles. The molecule has 0 spiro atoms. The summed E-state index contributed by atoms with van der Waals surface area (Å²) in [6, 6.07) is 18.1. The molecule has 1 saturated heterocycles. The van der Waals surface area contributed by atoms with Crippen LogP contribution in [-0.2, 0) is 14.0 Å². The summed E-state index contributed by atoms with van der Waals surface area (Å²) in [5.74, 6) is -2.20. The van der Waals surface area contributed by atoms with Crippen LogP contribution in [0.1, 0.15) is 20.8 Å². The van der Waals surface area contributed by atoms with Crippen molar-refractivity contribution in [2.45, 2.75) is 56.3 Å². The molecule has 1 amide bonds. The SMILES string of the molecule is CC(C)(C)[Si](OC[C@H]1OC[C@@H](NC(=O)C(F)(F)F)[C@@H](O)[C@H]1O)(c1ccccc1)c1ccccc1. The number of hydrogen-bond acceptors (Lipinski definition) is 5. The highest BCUT2D eigenvalue weighted by Gasteiger charge is 2.51. The van der Waals surface area contributed by atoms with Crippen molar-refractivity contribution in [3.8, 4) is 0 Å². The summed E-state index contributed by atoms with van der Waals surface area (Å²) in [6.07, 6.45) is -9.29. The van der Waals surface area contributed by atoms with Crippen LogP contribution in [0.2, 0.25) is 5.04 Å². The Kier molecular flexibility index (Phi) is 7.88. The molecule has 2 aromatic rings. The zero-order chi connectivity index (χ0) is 25.1. The summed E-state index contributed by atoms with van der Waals surface area (Å²) in [4.78, 5) is 11.2. The summed E-state index contributed by atoms with van der Waals surface area (Å²) in [5.41, 5.74) is 0. The lowest BCUT2D eigenvalue weighted by Gasteiger charge is -2.45. The van der Waals surface area contributed by atoms with E-state index in [4.69, 9.17) is 9.16 Å². The summed E-state index contributed by atoms with van der Waals surface area (Å²) >= 11 is 0. The number of alkyl halides is 3. The van der Waals surface area contributed by atoms with Gasteiger partial charge in [0.2, 0.25) is 0 Å². The molecule has 1 aliphatic rings. The van der Waals surface area contributed by atoms with E-state index in [0.717, 1.165) is 10.4 Å². The number of halogens is 3. The van der Waals surface area contributed by atoms with Crippen LogP contribution < -0.4 is 15.7 Å². The first-order valence-corrected chi connectivity index (χ1v) is 12.9. The predicted molar refractivity (Wildman–Crippen MR) is 123 cm³/mol. The molecule has 2 aromatic carbocycles. The minimum atomic E-state index is -5.10. The fourth-order valence-corrected chi connectivity index (χ4v) is 8.94. The molecule has 3 rings (SSSR count). The molecule has 0 radical (unpaired) electrons. The number of rotatable bonds is 6. The Balaban J connectivity index is 1.85. The van der Waals surface area contributed by atoms with E-state index < -0.39 is 51.4 Å². The number of aliphatic hydroxyl groups excluding tert-OH is 2. The fourth-order valence-electron chi connectivity index (χ4n) is 4.38. The molecular formula is C24H30F3NO5Si. The third-order valence-corrected chi connectivity index (χ3v) is 11.1. The van der Waals surface area contributed by atoms with Crippen molar-refractivity contribution in [2.75, 3.05) is 13.2 Å². The van der Waals surface area contributed by atoms with Crippen molar-refractivity contribution < 1.29 is 37.3 Å². The average molecular weight is 498 g/mol. The van der Waals surface area contributed by atoms with Crippen LogP contribution in [0.5, 0.6) is 0 Å². The van der Waals surface area contributed by atoms with E-state index in [1.807, 2.05) is 60.7 Å². The van der Waals surface area contributed by atoms with Gasteiger partial charge in [-0.2, -0.15) is 13.2 Å². The van der Waals surface area contributed by atoms with Crippen LogP contribution >= 0.6 is 0 Å². The van der Waals surface area contributed by atoms with Crippen molar-refractivity contribution in [3.63, 3.8) is 0 Å². The molecule has 0 unspecified atom stereocenters. The Morgan fingerprint density at radius 3 is 1.94 bits per heavy atom. The maximum atomic E-state index is 12.6. The minimum absolute atomic E-state index is 0.0918. The van der Waals surface area contributed by atoms with Gasteiger partial charge in [0.15, 0.2) is 0 Å². The zero-order valence-corrected chi connectivity index (χ0v) is 20.3. The maximum absolute atomic E-state index is 12.6. The van der Waals surface area contributed by atoms with Gasteiger partial charge in [-0.05, 0) is 15.4 Å². The number of nitrogens with one attached hydrogen (secondary N) is 1. The van der Waals surface area contributed by atoms with Crippen molar-refractivity contribution in [2.24, 2.45) is 0 Å². The van der Waals surface area contributed by atoms with Gasteiger partial charge in [0.05, 0.1) is 19.3 Å². The Hall–Kier alpha value is -2.24. The monoisotopic (exact) mass is 497 g/mol. The highest BCUT2D eigenvalue weighted by molar-refractivity contribution is 6.99. The van der Waals surface area contributed by atoms with Gasteiger partial charge in [-0.15, -0.1) is 0 Å². The van der Waals surface area contributed by atoms with Crippen LogP contribution in [0.15, 0.2) is 60.7 Å². The van der Waals surface area contributed by atoms with Gasteiger partial charge in [0, 0.05) is 0 Å². The normalized spacial score (nSPS) is 24.0.